The molecule has 0 spiro atoms. The van der Waals surface area contributed by atoms with E-state index in [9.17, 15) is 4.79 Å². The number of rotatable bonds is 3. The minimum atomic E-state index is 0.0811. The molecule has 1 aliphatic rings. The van der Waals surface area contributed by atoms with Gasteiger partial charge in [-0.05, 0) is 32.7 Å². The lowest BCUT2D eigenvalue weighted by molar-refractivity contribution is 0.137. The normalized spacial score (nSPS) is 22.5. The summed E-state index contributed by atoms with van der Waals surface area (Å²) in [5, 5.41) is 0. The number of aromatic amines is 1. The van der Waals surface area contributed by atoms with E-state index in [1.54, 1.807) is 0 Å². The van der Waals surface area contributed by atoms with E-state index in [1.165, 1.54) is 48.4 Å². The van der Waals surface area contributed by atoms with Gasteiger partial charge in [-0.25, -0.2) is 0 Å². The van der Waals surface area contributed by atoms with Crippen LogP contribution < -0.4 is 4.87 Å². The van der Waals surface area contributed by atoms with Crippen molar-refractivity contribution in [3.63, 3.8) is 0 Å². The Kier molecular flexibility index (Phi) is 3.82. The van der Waals surface area contributed by atoms with Gasteiger partial charge in [0.2, 0.25) is 0 Å². The molecule has 0 aromatic carbocycles. The molecular weight excluding hydrogens is 220 g/mol. The van der Waals surface area contributed by atoms with Crippen molar-refractivity contribution in [1.82, 2.24) is 9.88 Å². The van der Waals surface area contributed by atoms with Crippen LogP contribution in [0.3, 0.4) is 0 Å². The largest absolute Gasteiger partial charge is 0.317 e. The highest BCUT2D eigenvalue weighted by atomic mass is 32.1. The number of aromatic nitrogens is 1. The quantitative estimate of drug-likeness (QED) is 0.881. The molecule has 1 fully saturated rings. The second kappa shape index (κ2) is 5.15. The van der Waals surface area contributed by atoms with Crippen LogP contribution in [0.2, 0.25) is 0 Å². The average molecular weight is 240 g/mol. The molecule has 1 aromatic heterocycles. The maximum absolute atomic E-state index is 11.2. The smallest absolute Gasteiger partial charge is 0.304 e. The Balaban J connectivity index is 2.07. The van der Waals surface area contributed by atoms with Crippen molar-refractivity contribution in [1.29, 1.82) is 0 Å². The lowest BCUT2D eigenvalue weighted by Crippen LogP contribution is -2.38. The Hall–Kier alpha value is -0.610. The minimum absolute atomic E-state index is 0.0811. The minimum Gasteiger partial charge on any atom is -0.317 e. The van der Waals surface area contributed by atoms with Gasteiger partial charge in [0.1, 0.15) is 0 Å². The molecule has 0 saturated carbocycles. The molecule has 1 aromatic rings. The Bertz CT molecular complexity index is 396. The van der Waals surface area contributed by atoms with Crippen molar-refractivity contribution in [2.24, 2.45) is 0 Å². The second-order valence-corrected chi connectivity index (χ2v) is 5.66. The van der Waals surface area contributed by atoms with Crippen LogP contribution >= 0.6 is 11.3 Å². The zero-order chi connectivity index (χ0) is 11.5. The molecule has 0 amide bonds. The third-order valence-electron chi connectivity index (χ3n) is 3.49. The monoisotopic (exact) mass is 240 g/mol. The number of hydrogen-bond acceptors (Lipinski definition) is 3. The summed E-state index contributed by atoms with van der Waals surface area (Å²) in [6.07, 6.45) is 5.19. The van der Waals surface area contributed by atoms with Gasteiger partial charge in [0.05, 0.1) is 0 Å². The molecule has 16 heavy (non-hydrogen) atoms. The molecule has 1 unspecified atom stereocenters. The molecule has 90 valence electrons. The fourth-order valence-electron chi connectivity index (χ4n) is 2.50. The zero-order valence-electron chi connectivity index (χ0n) is 10.1. The first-order valence-electron chi connectivity index (χ1n) is 6.13. The number of likely N-dealkylation sites (tertiary alicyclic amines) is 1. The molecule has 0 radical (unpaired) electrons. The van der Waals surface area contributed by atoms with E-state index in [0.717, 1.165) is 12.2 Å². The molecule has 2 rings (SSSR count). The van der Waals surface area contributed by atoms with E-state index in [-0.39, 0.29) is 4.87 Å². The van der Waals surface area contributed by atoms with E-state index in [2.05, 4.69) is 16.8 Å². The van der Waals surface area contributed by atoms with Crippen LogP contribution in [-0.2, 0) is 6.54 Å². The SMILES string of the molecule is CCC1CCCCN1Cc1sc(=O)[nH]c1C. The topological polar surface area (TPSA) is 36.1 Å². The number of aryl methyl sites for hydroxylation is 1. The average Bonchev–Trinajstić information content (AvgIpc) is 2.58. The summed E-state index contributed by atoms with van der Waals surface area (Å²) in [6.45, 7) is 6.39. The number of hydrogen-bond donors (Lipinski definition) is 1. The van der Waals surface area contributed by atoms with E-state index in [4.69, 9.17) is 0 Å². The highest BCUT2D eigenvalue weighted by Gasteiger charge is 2.21. The van der Waals surface area contributed by atoms with Crippen molar-refractivity contribution >= 4 is 11.3 Å². The molecule has 0 aliphatic carbocycles. The van der Waals surface area contributed by atoms with Crippen molar-refractivity contribution in [3.05, 3.63) is 20.2 Å². The van der Waals surface area contributed by atoms with Crippen LogP contribution in [0, 0.1) is 6.92 Å². The standard InChI is InChI=1S/C12H20N2OS/c1-3-10-6-4-5-7-14(10)8-11-9(2)13-12(15)16-11/h10H,3-8H2,1-2H3,(H,13,15). The fraction of sp³-hybridized carbons (Fsp3) is 0.750. The van der Waals surface area contributed by atoms with Crippen molar-refractivity contribution < 1.29 is 0 Å². The highest BCUT2D eigenvalue weighted by molar-refractivity contribution is 7.09. The van der Waals surface area contributed by atoms with Crippen LogP contribution in [0.15, 0.2) is 4.79 Å². The molecule has 1 N–H and O–H groups in total. The third kappa shape index (κ3) is 2.55. The van der Waals surface area contributed by atoms with Gasteiger partial charge in [-0.2, -0.15) is 0 Å². The van der Waals surface area contributed by atoms with E-state index in [1.807, 2.05) is 6.92 Å². The van der Waals surface area contributed by atoms with Crippen molar-refractivity contribution in [2.75, 3.05) is 6.54 Å². The van der Waals surface area contributed by atoms with Crippen molar-refractivity contribution in [2.45, 2.75) is 52.1 Å². The van der Waals surface area contributed by atoms with Crippen LogP contribution in [0.1, 0.15) is 43.2 Å². The molecule has 1 atom stereocenters. The lowest BCUT2D eigenvalue weighted by Gasteiger charge is -2.34. The van der Waals surface area contributed by atoms with Crippen LogP contribution in [0.5, 0.6) is 0 Å². The number of nitrogens with one attached hydrogen (secondary N) is 1. The molecule has 4 heteroatoms. The molecular formula is C12H20N2OS. The number of piperidine rings is 1. The first-order valence-corrected chi connectivity index (χ1v) is 6.95. The molecule has 1 aliphatic heterocycles. The first kappa shape index (κ1) is 11.9. The van der Waals surface area contributed by atoms with Gasteiger partial charge in [0.15, 0.2) is 0 Å². The van der Waals surface area contributed by atoms with Gasteiger partial charge in [0, 0.05) is 23.2 Å². The van der Waals surface area contributed by atoms with Crippen LogP contribution in [-0.4, -0.2) is 22.5 Å². The Morgan fingerprint density at radius 3 is 2.94 bits per heavy atom. The lowest BCUT2D eigenvalue weighted by atomic mass is 10.00. The van der Waals surface area contributed by atoms with Gasteiger partial charge in [-0.1, -0.05) is 24.7 Å². The summed E-state index contributed by atoms with van der Waals surface area (Å²) >= 11 is 1.37. The predicted molar refractivity (Wildman–Crippen MR) is 68.0 cm³/mol. The van der Waals surface area contributed by atoms with Gasteiger partial charge >= 0.3 is 4.87 Å². The summed E-state index contributed by atoms with van der Waals surface area (Å²) in [7, 11) is 0. The first-order chi connectivity index (χ1) is 7.70. The summed E-state index contributed by atoms with van der Waals surface area (Å²) in [4.78, 5) is 17.9. The van der Waals surface area contributed by atoms with E-state index >= 15 is 0 Å². The Labute approximate surface area is 100 Å². The highest BCUT2D eigenvalue weighted by Crippen LogP contribution is 2.23. The number of H-pyrrole nitrogens is 1. The maximum atomic E-state index is 11.2. The van der Waals surface area contributed by atoms with E-state index in [0.29, 0.717) is 6.04 Å². The molecule has 2 heterocycles. The summed E-state index contributed by atoms with van der Waals surface area (Å²) < 4.78 is 0. The molecule has 3 nitrogen and oxygen atoms in total. The zero-order valence-corrected chi connectivity index (χ0v) is 10.9. The number of thiazole rings is 1. The molecule has 0 bridgehead atoms. The third-order valence-corrected chi connectivity index (χ3v) is 4.46. The van der Waals surface area contributed by atoms with Crippen LogP contribution in [0.4, 0.5) is 0 Å². The fourth-order valence-corrected chi connectivity index (χ4v) is 3.36. The summed E-state index contributed by atoms with van der Waals surface area (Å²) in [5.41, 5.74) is 1.05. The van der Waals surface area contributed by atoms with Gasteiger partial charge in [-0.3, -0.25) is 9.69 Å². The van der Waals surface area contributed by atoms with Gasteiger partial charge < -0.3 is 4.98 Å². The summed E-state index contributed by atoms with van der Waals surface area (Å²) in [6, 6.07) is 0.713. The van der Waals surface area contributed by atoms with Gasteiger partial charge in [-0.15, -0.1) is 0 Å². The Morgan fingerprint density at radius 2 is 2.31 bits per heavy atom. The second-order valence-electron chi connectivity index (χ2n) is 4.59. The number of nitrogens with zero attached hydrogens (tertiary/aromatic N) is 1. The Morgan fingerprint density at radius 1 is 1.50 bits per heavy atom. The summed E-state index contributed by atoms with van der Waals surface area (Å²) in [5.74, 6) is 0. The van der Waals surface area contributed by atoms with E-state index < -0.39 is 0 Å². The van der Waals surface area contributed by atoms with Crippen molar-refractivity contribution in [3.8, 4) is 0 Å². The van der Waals surface area contributed by atoms with Crippen LogP contribution in [0.25, 0.3) is 0 Å². The molecule has 1 saturated heterocycles. The maximum Gasteiger partial charge on any atom is 0.304 e. The predicted octanol–water partition coefficient (Wildman–Crippen LogP) is 2.51. The van der Waals surface area contributed by atoms with Gasteiger partial charge in [0.25, 0.3) is 0 Å².